The van der Waals surface area contributed by atoms with Crippen LogP contribution in [0.2, 0.25) is 0 Å². The minimum atomic E-state index is 0.499. The second-order valence-electron chi connectivity index (χ2n) is 2.37. The van der Waals surface area contributed by atoms with E-state index in [1.165, 1.54) is 6.33 Å². The lowest BCUT2D eigenvalue weighted by molar-refractivity contribution is 0.910. The zero-order chi connectivity index (χ0) is 8.27. The highest BCUT2D eigenvalue weighted by Crippen LogP contribution is 2.15. The van der Waals surface area contributed by atoms with Crippen LogP contribution in [0.3, 0.4) is 0 Å². The quantitative estimate of drug-likeness (QED) is 0.650. The Labute approximate surface area is 65.6 Å². The van der Waals surface area contributed by atoms with Crippen LogP contribution in [-0.4, -0.2) is 9.97 Å². The first-order valence-corrected chi connectivity index (χ1v) is 3.60. The first-order valence-electron chi connectivity index (χ1n) is 3.60. The Morgan fingerprint density at radius 1 is 1.27 bits per heavy atom. The standard InChI is InChI=1S/C7H12N4/c1-2-3-5-6(8)10-4-11-7(5)9/h4H,2-3H2,1H3,(H4,8,9,10,11). The van der Waals surface area contributed by atoms with Crippen LogP contribution in [0.5, 0.6) is 0 Å². The van der Waals surface area contributed by atoms with Gasteiger partial charge >= 0.3 is 0 Å². The minimum absolute atomic E-state index is 0.499. The Morgan fingerprint density at radius 2 is 1.82 bits per heavy atom. The summed E-state index contributed by atoms with van der Waals surface area (Å²) in [5.74, 6) is 0.999. The molecule has 60 valence electrons. The van der Waals surface area contributed by atoms with E-state index in [9.17, 15) is 0 Å². The van der Waals surface area contributed by atoms with Crippen molar-refractivity contribution in [1.29, 1.82) is 0 Å². The van der Waals surface area contributed by atoms with Crippen molar-refractivity contribution in [1.82, 2.24) is 9.97 Å². The number of nitrogen functional groups attached to an aromatic ring is 2. The average Bonchev–Trinajstić information content (AvgIpc) is 1.97. The van der Waals surface area contributed by atoms with Crippen LogP contribution in [0.1, 0.15) is 18.9 Å². The van der Waals surface area contributed by atoms with Gasteiger partial charge in [-0.15, -0.1) is 0 Å². The molecule has 1 heterocycles. The Morgan fingerprint density at radius 3 is 2.27 bits per heavy atom. The Balaban J connectivity index is 3.00. The number of aromatic nitrogens is 2. The molecule has 0 aliphatic carbocycles. The van der Waals surface area contributed by atoms with Gasteiger partial charge in [-0.25, -0.2) is 9.97 Å². The van der Waals surface area contributed by atoms with E-state index >= 15 is 0 Å². The molecule has 0 aromatic carbocycles. The third kappa shape index (κ3) is 1.58. The number of hydrogen-bond donors (Lipinski definition) is 2. The van der Waals surface area contributed by atoms with E-state index in [2.05, 4.69) is 16.9 Å². The second-order valence-corrected chi connectivity index (χ2v) is 2.37. The molecule has 0 spiro atoms. The molecule has 11 heavy (non-hydrogen) atoms. The van der Waals surface area contributed by atoms with Crippen LogP contribution in [0.4, 0.5) is 11.6 Å². The zero-order valence-corrected chi connectivity index (χ0v) is 6.54. The number of hydrogen-bond acceptors (Lipinski definition) is 4. The van der Waals surface area contributed by atoms with E-state index in [0.29, 0.717) is 11.6 Å². The summed E-state index contributed by atoms with van der Waals surface area (Å²) in [6, 6.07) is 0. The van der Waals surface area contributed by atoms with Gasteiger partial charge in [-0.05, 0) is 6.42 Å². The lowest BCUT2D eigenvalue weighted by Gasteiger charge is -2.03. The molecule has 0 fully saturated rings. The number of anilines is 2. The van der Waals surface area contributed by atoms with Gasteiger partial charge in [0.25, 0.3) is 0 Å². The van der Waals surface area contributed by atoms with Crippen molar-refractivity contribution in [2.45, 2.75) is 19.8 Å². The molecule has 0 saturated heterocycles. The molecule has 0 unspecified atom stereocenters. The molecule has 0 radical (unpaired) electrons. The van der Waals surface area contributed by atoms with Gasteiger partial charge in [-0.1, -0.05) is 13.3 Å². The van der Waals surface area contributed by atoms with Crippen molar-refractivity contribution in [3.8, 4) is 0 Å². The summed E-state index contributed by atoms with van der Waals surface area (Å²) in [6.45, 7) is 2.06. The predicted octanol–water partition coefficient (Wildman–Crippen LogP) is 0.594. The molecular weight excluding hydrogens is 140 g/mol. The SMILES string of the molecule is CCCc1c(N)ncnc1N. The summed E-state index contributed by atoms with van der Waals surface area (Å²) < 4.78 is 0. The number of nitrogens with two attached hydrogens (primary N) is 2. The van der Waals surface area contributed by atoms with E-state index < -0.39 is 0 Å². The van der Waals surface area contributed by atoms with Gasteiger partial charge in [-0.2, -0.15) is 0 Å². The molecule has 4 heteroatoms. The predicted molar refractivity (Wildman–Crippen MR) is 44.9 cm³/mol. The maximum atomic E-state index is 5.58. The zero-order valence-electron chi connectivity index (χ0n) is 6.54. The highest BCUT2D eigenvalue weighted by molar-refractivity contribution is 5.51. The van der Waals surface area contributed by atoms with Gasteiger partial charge in [0.1, 0.15) is 18.0 Å². The van der Waals surface area contributed by atoms with Crippen LogP contribution >= 0.6 is 0 Å². The van der Waals surface area contributed by atoms with Crippen molar-refractivity contribution < 1.29 is 0 Å². The minimum Gasteiger partial charge on any atom is -0.383 e. The van der Waals surface area contributed by atoms with Gasteiger partial charge in [0.2, 0.25) is 0 Å². The van der Waals surface area contributed by atoms with Crippen molar-refractivity contribution in [2.24, 2.45) is 0 Å². The molecule has 0 saturated carbocycles. The Kier molecular flexibility index (Phi) is 2.25. The highest BCUT2D eigenvalue weighted by atomic mass is 15.0. The highest BCUT2D eigenvalue weighted by Gasteiger charge is 2.03. The lowest BCUT2D eigenvalue weighted by Crippen LogP contribution is -2.04. The molecule has 4 N–H and O–H groups in total. The van der Waals surface area contributed by atoms with Crippen molar-refractivity contribution in [3.63, 3.8) is 0 Å². The van der Waals surface area contributed by atoms with Crippen molar-refractivity contribution in [2.75, 3.05) is 11.5 Å². The van der Waals surface area contributed by atoms with E-state index in [0.717, 1.165) is 18.4 Å². The molecule has 0 aliphatic rings. The fraction of sp³-hybridized carbons (Fsp3) is 0.429. The summed E-state index contributed by atoms with van der Waals surface area (Å²) in [4.78, 5) is 7.69. The largest absolute Gasteiger partial charge is 0.383 e. The normalized spacial score (nSPS) is 9.91. The van der Waals surface area contributed by atoms with Crippen LogP contribution < -0.4 is 11.5 Å². The average molecular weight is 152 g/mol. The molecule has 0 atom stereocenters. The second kappa shape index (κ2) is 3.18. The molecule has 1 rings (SSSR count). The molecule has 0 aliphatic heterocycles. The summed E-state index contributed by atoms with van der Waals surface area (Å²) >= 11 is 0. The van der Waals surface area contributed by atoms with E-state index in [1.54, 1.807) is 0 Å². The first kappa shape index (κ1) is 7.78. The fourth-order valence-electron chi connectivity index (χ4n) is 0.946. The summed E-state index contributed by atoms with van der Waals surface area (Å²) in [5, 5.41) is 0. The summed E-state index contributed by atoms with van der Waals surface area (Å²) in [6.07, 6.45) is 3.23. The maximum absolute atomic E-state index is 5.58. The molecule has 1 aromatic rings. The monoisotopic (exact) mass is 152 g/mol. The van der Waals surface area contributed by atoms with Gasteiger partial charge in [0, 0.05) is 5.56 Å². The topological polar surface area (TPSA) is 77.8 Å². The lowest BCUT2D eigenvalue weighted by atomic mass is 10.2. The Hall–Kier alpha value is -1.32. The molecule has 0 amide bonds. The van der Waals surface area contributed by atoms with Gasteiger partial charge < -0.3 is 11.5 Å². The van der Waals surface area contributed by atoms with E-state index in [1.807, 2.05) is 0 Å². The van der Waals surface area contributed by atoms with Gasteiger partial charge in [0.15, 0.2) is 0 Å². The van der Waals surface area contributed by atoms with Crippen LogP contribution in [0.15, 0.2) is 6.33 Å². The summed E-state index contributed by atoms with van der Waals surface area (Å²) in [5.41, 5.74) is 12.0. The molecular formula is C7H12N4. The molecule has 0 bridgehead atoms. The van der Waals surface area contributed by atoms with Crippen molar-refractivity contribution >= 4 is 11.6 Å². The van der Waals surface area contributed by atoms with Crippen LogP contribution in [-0.2, 0) is 6.42 Å². The third-order valence-corrected chi connectivity index (χ3v) is 1.51. The summed E-state index contributed by atoms with van der Waals surface area (Å²) in [7, 11) is 0. The van der Waals surface area contributed by atoms with Crippen LogP contribution in [0, 0.1) is 0 Å². The first-order chi connectivity index (χ1) is 5.25. The van der Waals surface area contributed by atoms with Gasteiger partial charge in [0.05, 0.1) is 0 Å². The van der Waals surface area contributed by atoms with Crippen LogP contribution in [0.25, 0.3) is 0 Å². The van der Waals surface area contributed by atoms with Crippen molar-refractivity contribution in [3.05, 3.63) is 11.9 Å². The number of rotatable bonds is 2. The Bertz CT molecular complexity index is 226. The van der Waals surface area contributed by atoms with Gasteiger partial charge in [-0.3, -0.25) is 0 Å². The van der Waals surface area contributed by atoms with E-state index in [4.69, 9.17) is 11.5 Å². The molecule has 1 aromatic heterocycles. The number of nitrogens with zero attached hydrogens (tertiary/aromatic N) is 2. The fourth-order valence-corrected chi connectivity index (χ4v) is 0.946. The van der Waals surface area contributed by atoms with E-state index in [-0.39, 0.29) is 0 Å². The maximum Gasteiger partial charge on any atom is 0.132 e. The smallest absolute Gasteiger partial charge is 0.132 e. The molecule has 4 nitrogen and oxygen atoms in total. The third-order valence-electron chi connectivity index (χ3n) is 1.51.